The van der Waals surface area contributed by atoms with E-state index in [1.54, 1.807) is 11.3 Å². The predicted octanol–water partition coefficient (Wildman–Crippen LogP) is 4.55. The molecule has 0 saturated heterocycles. The van der Waals surface area contributed by atoms with Gasteiger partial charge in [-0.3, -0.25) is 14.6 Å². The van der Waals surface area contributed by atoms with Gasteiger partial charge in [0.05, 0.1) is 4.88 Å². The van der Waals surface area contributed by atoms with Crippen LogP contribution in [0.15, 0.2) is 34.4 Å². The highest BCUT2D eigenvalue weighted by molar-refractivity contribution is 7.13. The molecule has 0 spiro atoms. The second kappa shape index (κ2) is 9.38. The lowest BCUT2D eigenvalue weighted by molar-refractivity contribution is -0.117. The van der Waals surface area contributed by atoms with Crippen molar-refractivity contribution in [1.29, 1.82) is 0 Å². The number of rotatable bonds is 7. The van der Waals surface area contributed by atoms with Gasteiger partial charge in [0, 0.05) is 24.2 Å². The fourth-order valence-electron chi connectivity index (χ4n) is 4.00. The van der Waals surface area contributed by atoms with Crippen molar-refractivity contribution in [3.8, 4) is 16.5 Å². The normalized spacial score (nSPS) is 14.7. The number of hydrogen-bond donors (Lipinski definition) is 2. The lowest BCUT2D eigenvalue weighted by Crippen LogP contribution is -2.21. The van der Waals surface area contributed by atoms with E-state index in [9.17, 15) is 9.59 Å². The maximum atomic E-state index is 12.8. The van der Waals surface area contributed by atoms with Gasteiger partial charge in [0.15, 0.2) is 0 Å². The summed E-state index contributed by atoms with van der Waals surface area (Å²) in [4.78, 5) is 33.2. The minimum absolute atomic E-state index is 0.0205. The molecule has 0 radical (unpaired) electrons. The Labute approximate surface area is 179 Å². The molecule has 7 nitrogen and oxygen atoms in total. The Morgan fingerprint density at radius 1 is 1.30 bits per heavy atom. The molecule has 0 bridgehead atoms. The molecule has 1 saturated carbocycles. The molecule has 2 N–H and O–H groups in total. The molecule has 0 atom stereocenters. The van der Waals surface area contributed by atoms with Gasteiger partial charge in [0.1, 0.15) is 11.5 Å². The number of carbonyl (C=O) groups excluding carboxylic acids is 1. The van der Waals surface area contributed by atoms with Crippen LogP contribution in [0.5, 0.6) is 0 Å². The van der Waals surface area contributed by atoms with E-state index in [4.69, 9.17) is 0 Å². The van der Waals surface area contributed by atoms with Crippen LogP contribution in [0.4, 0.5) is 5.82 Å². The van der Waals surface area contributed by atoms with Crippen LogP contribution in [0.3, 0.4) is 0 Å². The summed E-state index contributed by atoms with van der Waals surface area (Å²) in [6.45, 7) is 2.04. The Hall–Kier alpha value is -2.74. The van der Waals surface area contributed by atoms with Gasteiger partial charge in [-0.2, -0.15) is 9.78 Å². The fraction of sp³-hybridized carbons (Fsp3) is 0.455. The quantitative estimate of drug-likeness (QED) is 0.581. The highest BCUT2D eigenvalue weighted by Gasteiger charge is 2.20. The number of aromatic amines is 1. The largest absolute Gasteiger partial charge is 0.310 e. The number of aryl methyl sites for hydroxylation is 1. The first-order valence-electron chi connectivity index (χ1n) is 10.7. The number of anilines is 1. The SMILES string of the molecule is CCCc1cc(=O)[nH]c(-n2nc(-c3cccs3)cc2NC(=O)CC2CCCCC2)n1. The van der Waals surface area contributed by atoms with Crippen LogP contribution in [-0.4, -0.2) is 25.7 Å². The van der Waals surface area contributed by atoms with Crippen molar-refractivity contribution in [2.75, 3.05) is 5.32 Å². The van der Waals surface area contributed by atoms with Crippen molar-refractivity contribution in [3.05, 3.63) is 45.7 Å². The molecule has 30 heavy (non-hydrogen) atoms. The molecule has 1 aliphatic rings. The molecule has 4 rings (SSSR count). The maximum Gasteiger partial charge on any atom is 0.252 e. The summed E-state index contributed by atoms with van der Waals surface area (Å²) in [5.74, 6) is 1.27. The van der Waals surface area contributed by atoms with E-state index in [-0.39, 0.29) is 11.5 Å². The molecule has 0 unspecified atom stereocenters. The van der Waals surface area contributed by atoms with E-state index in [0.29, 0.717) is 36.2 Å². The number of carbonyl (C=O) groups is 1. The second-order valence-electron chi connectivity index (χ2n) is 7.87. The number of H-pyrrole nitrogens is 1. The summed E-state index contributed by atoms with van der Waals surface area (Å²) in [5, 5.41) is 9.64. The first-order valence-corrected chi connectivity index (χ1v) is 11.5. The third-order valence-corrected chi connectivity index (χ3v) is 6.33. The van der Waals surface area contributed by atoms with Crippen LogP contribution in [0.25, 0.3) is 16.5 Å². The van der Waals surface area contributed by atoms with Gasteiger partial charge < -0.3 is 5.32 Å². The monoisotopic (exact) mass is 425 g/mol. The molecule has 3 heterocycles. The van der Waals surface area contributed by atoms with Crippen LogP contribution in [-0.2, 0) is 11.2 Å². The van der Waals surface area contributed by atoms with Crippen LogP contribution < -0.4 is 10.9 Å². The molecule has 3 aromatic heterocycles. The molecular formula is C22H27N5O2S. The Bertz CT molecular complexity index is 1050. The maximum absolute atomic E-state index is 12.8. The summed E-state index contributed by atoms with van der Waals surface area (Å²) < 4.78 is 1.54. The van der Waals surface area contributed by atoms with Crippen LogP contribution >= 0.6 is 11.3 Å². The highest BCUT2D eigenvalue weighted by atomic mass is 32.1. The second-order valence-corrected chi connectivity index (χ2v) is 8.82. The van der Waals surface area contributed by atoms with Crippen molar-refractivity contribution < 1.29 is 4.79 Å². The van der Waals surface area contributed by atoms with Gasteiger partial charge in [-0.25, -0.2) is 4.98 Å². The van der Waals surface area contributed by atoms with Crippen molar-refractivity contribution in [3.63, 3.8) is 0 Å². The Morgan fingerprint density at radius 2 is 2.13 bits per heavy atom. The topological polar surface area (TPSA) is 92.7 Å². The number of aromatic nitrogens is 4. The van der Waals surface area contributed by atoms with Crippen LogP contribution in [0.2, 0.25) is 0 Å². The highest BCUT2D eigenvalue weighted by Crippen LogP contribution is 2.29. The van der Waals surface area contributed by atoms with Crippen LogP contribution in [0.1, 0.15) is 57.6 Å². The van der Waals surface area contributed by atoms with Crippen molar-refractivity contribution in [2.24, 2.45) is 5.92 Å². The Morgan fingerprint density at radius 3 is 2.87 bits per heavy atom. The number of nitrogens with zero attached hydrogens (tertiary/aromatic N) is 3. The lowest BCUT2D eigenvalue weighted by Gasteiger charge is -2.20. The zero-order valence-electron chi connectivity index (χ0n) is 17.2. The lowest BCUT2D eigenvalue weighted by atomic mass is 9.87. The minimum atomic E-state index is -0.226. The van der Waals surface area contributed by atoms with Gasteiger partial charge in [0.2, 0.25) is 11.9 Å². The van der Waals surface area contributed by atoms with E-state index >= 15 is 0 Å². The molecule has 3 aromatic rings. The summed E-state index contributed by atoms with van der Waals surface area (Å²) in [5.41, 5.74) is 1.22. The molecule has 1 fully saturated rings. The zero-order chi connectivity index (χ0) is 20.9. The number of hydrogen-bond acceptors (Lipinski definition) is 5. The van der Waals surface area contributed by atoms with Crippen molar-refractivity contribution in [1.82, 2.24) is 19.7 Å². The first kappa shape index (κ1) is 20.5. The molecule has 1 aliphatic carbocycles. The smallest absolute Gasteiger partial charge is 0.252 e. The van der Waals surface area contributed by atoms with Gasteiger partial charge in [-0.15, -0.1) is 11.3 Å². The summed E-state index contributed by atoms with van der Waals surface area (Å²) in [6.07, 6.45) is 8.00. The Balaban J connectivity index is 1.65. The number of nitrogens with one attached hydrogen (secondary N) is 2. The Kier molecular flexibility index (Phi) is 6.42. The van der Waals surface area contributed by atoms with E-state index < -0.39 is 0 Å². The third-order valence-electron chi connectivity index (χ3n) is 5.44. The predicted molar refractivity (Wildman–Crippen MR) is 119 cm³/mol. The molecule has 158 valence electrons. The third kappa shape index (κ3) is 4.87. The average Bonchev–Trinajstić information content (AvgIpc) is 3.38. The van der Waals surface area contributed by atoms with Gasteiger partial charge in [0.25, 0.3) is 5.56 Å². The first-order chi connectivity index (χ1) is 14.6. The number of amides is 1. The number of thiophene rings is 1. The van der Waals surface area contributed by atoms with E-state index in [2.05, 4.69) is 20.4 Å². The fourth-order valence-corrected chi connectivity index (χ4v) is 4.68. The zero-order valence-corrected chi connectivity index (χ0v) is 18.0. The van der Waals surface area contributed by atoms with E-state index in [1.807, 2.05) is 30.5 Å². The molecule has 8 heteroatoms. The summed E-state index contributed by atoms with van der Waals surface area (Å²) in [6, 6.07) is 7.30. The van der Waals surface area contributed by atoms with Gasteiger partial charge in [-0.1, -0.05) is 38.7 Å². The molecule has 1 amide bonds. The summed E-state index contributed by atoms with van der Waals surface area (Å²) >= 11 is 1.57. The average molecular weight is 426 g/mol. The van der Waals surface area contributed by atoms with Crippen molar-refractivity contribution in [2.45, 2.75) is 58.3 Å². The standard InChI is InChI=1S/C22H27N5O2S/c1-2-7-16-13-21(29)25-22(23-16)27-19(14-17(26-27)18-10-6-11-30-18)24-20(28)12-15-8-4-3-5-9-15/h6,10-11,13-15H,2-5,7-9,12H2,1H3,(H,24,28)(H,23,25,29). The summed E-state index contributed by atoms with van der Waals surface area (Å²) in [7, 11) is 0. The van der Waals surface area contributed by atoms with Crippen LogP contribution in [0, 0.1) is 5.92 Å². The van der Waals surface area contributed by atoms with Crippen molar-refractivity contribution >= 4 is 23.1 Å². The molecular weight excluding hydrogens is 398 g/mol. The minimum Gasteiger partial charge on any atom is -0.310 e. The van der Waals surface area contributed by atoms with E-state index in [0.717, 1.165) is 29.8 Å². The molecule has 0 aromatic carbocycles. The van der Waals surface area contributed by atoms with Gasteiger partial charge >= 0.3 is 0 Å². The van der Waals surface area contributed by atoms with Gasteiger partial charge in [-0.05, 0) is 36.6 Å². The molecule has 0 aliphatic heterocycles. The van der Waals surface area contributed by atoms with E-state index in [1.165, 1.54) is 30.0 Å².